The van der Waals surface area contributed by atoms with Gasteiger partial charge in [0.15, 0.2) is 0 Å². The van der Waals surface area contributed by atoms with Crippen LogP contribution in [-0.4, -0.2) is 25.6 Å². The number of ether oxygens (including phenoxy) is 1. The smallest absolute Gasteiger partial charge is 0.0805 e. The van der Waals surface area contributed by atoms with Crippen LogP contribution in [0.2, 0.25) is 0 Å². The summed E-state index contributed by atoms with van der Waals surface area (Å²) in [5.41, 5.74) is 2.88. The Bertz CT molecular complexity index is 593. The van der Waals surface area contributed by atoms with Gasteiger partial charge in [-0.05, 0) is 36.4 Å². The second-order valence-corrected chi connectivity index (χ2v) is 7.46. The van der Waals surface area contributed by atoms with E-state index < -0.39 is 0 Å². The minimum Gasteiger partial charge on any atom is -0.379 e. The summed E-state index contributed by atoms with van der Waals surface area (Å²) in [5.74, 6) is 0.471. The van der Waals surface area contributed by atoms with Crippen molar-refractivity contribution in [1.29, 1.82) is 0 Å². The van der Waals surface area contributed by atoms with E-state index in [-0.39, 0.29) is 0 Å². The van der Waals surface area contributed by atoms with E-state index in [1.165, 1.54) is 20.9 Å². The second kappa shape index (κ2) is 5.98. The Morgan fingerprint density at radius 2 is 2.10 bits per heavy atom. The minimum atomic E-state index is 0.471. The summed E-state index contributed by atoms with van der Waals surface area (Å²) in [6.07, 6.45) is 0. The quantitative estimate of drug-likeness (QED) is 0.820. The molecule has 0 aliphatic carbocycles. The molecule has 1 aromatic carbocycles. The summed E-state index contributed by atoms with van der Waals surface area (Å²) in [6, 6.07) is 11.1. The van der Waals surface area contributed by atoms with Crippen LogP contribution in [0, 0.1) is 0 Å². The van der Waals surface area contributed by atoms with Crippen LogP contribution in [0.5, 0.6) is 0 Å². The first-order valence-corrected chi connectivity index (χ1v) is 8.32. The van der Waals surface area contributed by atoms with Gasteiger partial charge in [0.05, 0.1) is 6.61 Å². The topological polar surface area (TPSA) is 12.5 Å². The van der Waals surface area contributed by atoms with E-state index in [4.69, 9.17) is 4.74 Å². The van der Waals surface area contributed by atoms with Gasteiger partial charge in [0.2, 0.25) is 0 Å². The van der Waals surface area contributed by atoms with Gasteiger partial charge in [-0.25, -0.2) is 0 Å². The first kappa shape index (κ1) is 14.3. The number of methoxy groups -OCH3 is 1. The normalized spacial score (nSPS) is 19.1. The number of thiophene rings is 1. The maximum absolute atomic E-state index is 5.28. The minimum absolute atomic E-state index is 0.471. The van der Waals surface area contributed by atoms with Crippen molar-refractivity contribution in [2.45, 2.75) is 19.1 Å². The third-order valence-electron chi connectivity index (χ3n) is 3.73. The molecule has 1 aliphatic heterocycles. The lowest BCUT2D eigenvalue weighted by Crippen LogP contribution is -2.29. The van der Waals surface area contributed by atoms with Crippen LogP contribution in [0.15, 0.2) is 34.8 Å². The molecule has 2 heterocycles. The predicted octanol–water partition coefficient (Wildman–Crippen LogP) is 4.23. The largest absolute Gasteiger partial charge is 0.379 e. The van der Waals surface area contributed by atoms with Crippen LogP contribution in [0.25, 0.3) is 0 Å². The van der Waals surface area contributed by atoms with Crippen LogP contribution in [0.4, 0.5) is 0 Å². The van der Waals surface area contributed by atoms with Gasteiger partial charge in [0, 0.05) is 40.3 Å². The van der Waals surface area contributed by atoms with E-state index in [9.17, 15) is 0 Å². The van der Waals surface area contributed by atoms with E-state index in [1.807, 2.05) is 11.3 Å². The first-order chi connectivity index (χ1) is 9.67. The molecule has 1 aliphatic rings. The Morgan fingerprint density at radius 3 is 2.80 bits per heavy atom. The number of halogens is 1. The molecule has 0 amide bonds. The van der Waals surface area contributed by atoms with Crippen LogP contribution >= 0.6 is 27.3 Å². The van der Waals surface area contributed by atoms with E-state index in [2.05, 4.69) is 58.2 Å². The molecule has 0 fully saturated rings. The monoisotopic (exact) mass is 351 g/mol. The highest BCUT2D eigenvalue weighted by Gasteiger charge is 2.27. The van der Waals surface area contributed by atoms with Crippen LogP contribution < -0.4 is 0 Å². The molecule has 0 saturated heterocycles. The summed E-state index contributed by atoms with van der Waals surface area (Å²) >= 11 is 5.40. The van der Waals surface area contributed by atoms with Crippen LogP contribution in [0.1, 0.15) is 26.8 Å². The van der Waals surface area contributed by atoms with Gasteiger partial charge in [-0.15, -0.1) is 11.3 Å². The third-order valence-corrected chi connectivity index (χ3v) is 5.37. The van der Waals surface area contributed by atoms with Crippen molar-refractivity contribution in [3.63, 3.8) is 0 Å². The highest BCUT2D eigenvalue weighted by Crippen LogP contribution is 2.38. The number of likely N-dealkylation sites (N-methyl/N-ethyl adjacent to an activating group) is 1. The van der Waals surface area contributed by atoms with E-state index in [1.54, 1.807) is 7.11 Å². The number of hydrogen-bond donors (Lipinski definition) is 0. The lowest BCUT2D eigenvalue weighted by atomic mass is 9.88. The highest BCUT2D eigenvalue weighted by molar-refractivity contribution is 9.10. The second-order valence-electron chi connectivity index (χ2n) is 5.33. The average molecular weight is 352 g/mol. The summed E-state index contributed by atoms with van der Waals surface area (Å²) in [6.45, 7) is 2.85. The van der Waals surface area contributed by atoms with Gasteiger partial charge >= 0.3 is 0 Å². The highest BCUT2D eigenvalue weighted by atomic mass is 79.9. The molecule has 4 heteroatoms. The third kappa shape index (κ3) is 2.84. The molecule has 106 valence electrons. The molecule has 0 bridgehead atoms. The van der Waals surface area contributed by atoms with Gasteiger partial charge < -0.3 is 9.64 Å². The van der Waals surface area contributed by atoms with Crippen molar-refractivity contribution in [3.8, 4) is 0 Å². The molecule has 0 radical (unpaired) electrons. The summed E-state index contributed by atoms with van der Waals surface area (Å²) < 4.78 is 6.41. The lowest BCUT2D eigenvalue weighted by molar-refractivity contribution is 0.187. The Kier molecular flexibility index (Phi) is 4.26. The zero-order valence-electron chi connectivity index (χ0n) is 11.7. The zero-order chi connectivity index (χ0) is 14.1. The first-order valence-electron chi connectivity index (χ1n) is 6.72. The Balaban J connectivity index is 1.98. The molecule has 3 rings (SSSR count). The standard InChI is InChI=1S/C16H18BrNOS/c1-18-8-15(11-3-5-12(17)6-4-11)14-7-13(10-19-2)20-16(14)9-18/h3-7,15H,8-10H2,1-2H3. The molecule has 0 saturated carbocycles. The van der Waals surface area contributed by atoms with Crippen molar-refractivity contribution >= 4 is 27.3 Å². The maximum Gasteiger partial charge on any atom is 0.0805 e. The summed E-state index contributed by atoms with van der Waals surface area (Å²) in [7, 11) is 3.96. The number of fused-ring (bicyclic) bond motifs is 1. The van der Waals surface area contributed by atoms with Crippen molar-refractivity contribution in [1.82, 2.24) is 4.90 Å². The van der Waals surface area contributed by atoms with Gasteiger partial charge in [-0.2, -0.15) is 0 Å². The summed E-state index contributed by atoms with van der Waals surface area (Å²) in [4.78, 5) is 5.22. The molecular formula is C16H18BrNOS. The van der Waals surface area contributed by atoms with E-state index >= 15 is 0 Å². The Hall–Kier alpha value is -0.680. The maximum atomic E-state index is 5.28. The SMILES string of the molecule is COCc1cc2c(s1)CN(C)CC2c1ccc(Br)cc1. The molecule has 0 N–H and O–H groups in total. The molecular weight excluding hydrogens is 334 g/mol. The molecule has 2 nitrogen and oxygen atoms in total. The van der Waals surface area contributed by atoms with E-state index in [0.717, 1.165) is 17.6 Å². The molecule has 1 atom stereocenters. The summed E-state index contributed by atoms with van der Waals surface area (Å²) in [5, 5.41) is 0. The van der Waals surface area contributed by atoms with Crippen molar-refractivity contribution < 1.29 is 4.74 Å². The Labute approximate surface area is 132 Å². The molecule has 0 spiro atoms. The molecule has 2 aromatic rings. The fourth-order valence-corrected chi connectivity index (χ4v) is 4.38. The lowest BCUT2D eigenvalue weighted by Gasteiger charge is -2.30. The molecule has 1 aromatic heterocycles. The number of benzene rings is 1. The van der Waals surface area contributed by atoms with Gasteiger partial charge in [-0.3, -0.25) is 0 Å². The van der Waals surface area contributed by atoms with Crippen molar-refractivity contribution in [2.24, 2.45) is 0 Å². The van der Waals surface area contributed by atoms with Gasteiger partial charge in [0.25, 0.3) is 0 Å². The molecule has 1 unspecified atom stereocenters. The predicted molar refractivity (Wildman–Crippen MR) is 87.4 cm³/mol. The van der Waals surface area contributed by atoms with Gasteiger partial charge in [0.1, 0.15) is 0 Å². The van der Waals surface area contributed by atoms with Crippen molar-refractivity contribution in [3.05, 3.63) is 55.7 Å². The van der Waals surface area contributed by atoms with E-state index in [0.29, 0.717) is 12.5 Å². The fourth-order valence-electron chi connectivity index (χ4n) is 2.83. The molecule has 20 heavy (non-hydrogen) atoms. The number of rotatable bonds is 3. The average Bonchev–Trinajstić information content (AvgIpc) is 2.81. The number of hydrogen-bond acceptors (Lipinski definition) is 3. The Morgan fingerprint density at radius 1 is 1.35 bits per heavy atom. The number of nitrogens with zero attached hydrogens (tertiary/aromatic N) is 1. The fraction of sp³-hybridized carbons (Fsp3) is 0.375. The van der Waals surface area contributed by atoms with Crippen LogP contribution in [-0.2, 0) is 17.9 Å². The van der Waals surface area contributed by atoms with Crippen molar-refractivity contribution in [2.75, 3.05) is 20.7 Å². The zero-order valence-corrected chi connectivity index (χ0v) is 14.1. The van der Waals surface area contributed by atoms with Gasteiger partial charge in [-0.1, -0.05) is 28.1 Å². The van der Waals surface area contributed by atoms with Crippen LogP contribution in [0.3, 0.4) is 0 Å².